The molecule has 0 radical (unpaired) electrons. The normalized spacial score (nSPS) is 16.2. The van der Waals surface area contributed by atoms with Gasteiger partial charge in [-0.2, -0.15) is 0 Å². The van der Waals surface area contributed by atoms with E-state index in [1.165, 1.54) is 0 Å². The number of rotatable bonds is 3. The van der Waals surface area contributed by atoms with Gasteiger partial charge in [0.25, 0.3) is 0 Å². The summed E-state index contributed by atoms with van der Waals surface area (Å²) in [6.45, 7) is 6.03. The van der Waals surface area contributed by atoms with Crippen molar-refractivity contribution in [3.63, 3.8) is 0 Å². The van der Waals surface area contributed by atoms with Crippen molar-refractivity contribution in [1.29, 1.82) is 0 Å². The van der Waals surface area contributed by atoms with E-state index in [-0.39, 0.29) is 0 Å². The number of aliphatic imine (C=N–C) groups is 1. The van der Waals surface area contributed by atoms with Crippen LogP contribution in [-0.4, -0.2) is 19.3 Å². The molecule has 10 heavy (non-hydrogen) atoms. The Morgan fingerprint density at radius 3 is 2.60 bits per heavy atom. The molecule has 0 aromatic carbocycles. The largest absolute Gasteiger partial charge is 0.312 e. The first-order valence-electron chi connectivity index (χ1n) is 3.55. The predicted octanol–water partition coefficient (Wildman–Crippen LogP) is 1.59. The molecule has 1 atom stereocenters. The molecule has 0 aliphatic heterocycles. The molecule has 0 fully saturated rings. The molecule has 0 saturated heterocycles. The average Bonchev–Trinajstić information content (AvgIpc) is 1.99. The molecule has 1 N–H and O–H groups in total. The van der Waals surface area contributed by atoms with Crippen LogP contribution in [-0.2, 0) is 0 Å². The molecule has 1 unspecified atom stereocenters. The van der Waals surface area contributed by atoms with Crippen molar-refractivity contribution in [2.75, 3.05) is 7.05 Å². The lowest BCUT2D eigenvalue weighted by molar-refractivity contribution is 0.773. The topological polar surface area (TPSA) is 24.4 Å². The fraction of sp³-hybridized carbons (Fsp3) is 0.625. The molecule has 0 spiro atoms. The van der Waals surface area contributed by atoms with Crippen molar-refractivity contribution < 1.29 is 0 Å². The molecule has 0 aromatic heterocycles. The third kappa shape index (κ3) is 4.27. The Morgan fingerprint density at radius 1 is 1.60 bits per heavy atom. The lowest BCUT2D eigenvalue weighted by Gasteiger charge is -2.00. The van der Waals surface area contributed by atoms with Gasteiger partial charge in [-0.15, -0.1) is 0 Å². The smallest absolute Gasteiger partial charge is 0.0393 e. The van der Waals surface area contributed by atoms with Gasteiger partial charge in [0.1, 0.15) is 0 Å². The van der Waals surface area contributed by atoms with E-state index < -0.39 is 0 Å². The van der Waals surface area contributed by atoms with Crippen LogP contribution in [0.1, 0.15) is 20.8 Å². The molecule has 0 aliphatic carbocycles. The van der Waals surface area contributed by atoms with Gasteiger partial charge < -0.3 is 5.32 Å². The molecule has 0 saturated carbocycles. The first-order chi connectivity index (χ1) is 4.70. The average molecular weight is 140 g/mol. The van der Waals surface area contributed by atoms with Gasteiger partial charge in [0.2, 0.25) is 0 Å². The zero-order chi connectivity index (χ0) is 7.98. The first kappa shape index (κ1) is 9.37. The highest BCUT2D eigenvalue weighted by Gasteiger charge is 1.88. The van der Waals surface area contributed by atoms with Crippen molar-refractivity contribution >= 4 is 6.21 Å². The highest BCUT2D eigenvalue weighted by Crippen LogP contribution is 1.91. The molecule has 0 rings (SSSR count). The minimum Gasteiger partial charge on any atom is -0.312 e. The van der Waals surface area contributed by atoms with Crippen LogP contribution in [0.5, 0.6) is 0 Å². The van der Waals surface area contributed by atoms with Crippen molar-refractivity contribution in [3.05, 3.63) is 11.8 Å². The Kier molecular flexibility index (Phi) is 4.85. The monoisotopic (exact) mass is 140 g/mol. The van der Waals surface area contributed by atoms with E-state index in [1.54, 1.807) is 0 Å². The van der Waals surface area contributed by atoms with E-state index in [0.29, 0.717) is 6.04 Å². The van der Waals surface area contributed by atoms with Crippen LogP contribution < -0.4 is 5.32 Å². The van der Waals surface area contributed by atoms with Gasteiger partial charge in [-0.3, -0.25) is 4.99 Å². The van der Waals surface area contributed by atoms with E-state index in [9.17, 15) is 0 Å². The highest BCUT2D eigenvalue weighted by molar-refractivity contribution is 5.64. The lowest BCUT2D eigenvalue weighted by Crippen LogP contribution is -2.22. The Morgan fingerprint density at radius 2 is 2.20 bits per heavy atom. The van der Waals surface area contributed by atoms with Crippen LogP contribution in [0.15, 0.2) is 16.8 Å². The molecule has 2 heteroatoms. The van der Waals surface area contributed by atoms with Crippen molar-refractivity contribution in [1.82, 2.24) is 5.32 Å². The second-order valence-electron chi connectivity index (χ2n) is 2.29. The molecule has 0 aromatic rings. The fourth-order valence-corrected chi connectivity index (χ4v) is 0.378. The van der Waals surface area contributed by atoms with Crippen molar-refractivity contribution in [2.45, 2.75) is 26.8 Å². The van der Waals surface area contributed by atoms with Gasteiger partial charge in [-0.25, -0.2) is 0 Å². The summed E-state index contributed by atoms with van der Waals surface area (Å²) < 4.78 is 0. The fourth-order valence-electron chi connectivity index (χ4n) is 0.378. The van der Waals surface area contributed by atoms with Crippen molar-refractivity contribution in [2.24, 2.45) is 4.99 Å². The summed E-state index contributed by atoms with van der Waals surface area (Å²) in [7, 11) is 1.92. The van der Waals surface area contributed by atoms with Gasteiger partial charge >= 0.3 is 0 Å². The quantitative estimate of drug-likeness (QED) is 0.591. The van der Waals surface area contributed by atoms with Gasteiger partial charge in [-0.05, 0) is 27.8 Å². The third-order valence-corrected chi connectivity index (χ3v) is 1.37. The maximum atomic E-state index is 4.19. The van der Waals surface area contributed by atoms with Gasteiger partial charge in [0.15, 0.2) is 0 Å². The van der Waals surface area contributed by atoms with E-state index in [2.05, 4.69) is 17.2 Å². The SMILES string of the molecule is C/C=C(C)/N=C\C(C)NC. The lowest BCUT2D eigenvalue weighted by atomic mass is 10.4. The van der Waals surface area contributed by atoms with E-state index in [4.69, 9.17) is 0 Å². The Balaban J connectivity index is 3.75. The molecule has 0 bridgehead atoms. The Hall–Kier alpha value is -0.630. The maximum Gasteiger partial charge on any atom is 0.0393 e. The highest BCUT2D eigenvalue weighted by atomic mass is 14.9. The summed E-state index contributed by atoms with van der Waals surface area (Å²) in [6, 6.07) is 0.356. The van der Waals surface area contributed by atoms with E-state index >= 15 is 0 Å². The van der Waals surface area contributed by atoms with Gasteiger partial charge in [0, 0.05) is 18.0 Å². The van der Waals surface area contributed by atoms with Gasteiger partial charge in [0.05, 0.1) is 0 Å². The minimum atomic E-state index is 0.356. The molecule has 0 aliphatic rings. The number of allylic oxidation sites excluding steroid dienone is 2. The molecule has 0 amide bonds. The molecule has 0 heterocycles. The second-order valence-corrected chi connectivity index (χ2v) is 2.29. The maximum absolute atomic E-state index is 4.19. The zero-order valence-corrected chi connectivity index (χ0v) is 7.18. The number of nitrogens with zero attached hydrogens (tertiary/aromatic N) is 1. The molecular formula is C8H16N2. The number of hydrogen-bond donors (Lipinski definition) is 1. The number of hydrogen-bond acceptors (Lipinski definition) is 2. The summed E-state index contributed by atoms with van der Waals surface area (Å²) in [5, 5.41) is 3.07. The summed E-state index contributed by atoms with van der Waals surface area (Å²) in [6.07, 6.45) is 3.88. The minimum absolute atomic E-state index is 0.356. The third-order valence-electron chi connectivity index (χ3n) is 1.37. The zero-order valence-electron chi connectivity index (χ0n) is 7.18. The van der Waals surface area contributed by atoms with E-state index in [1.807, 2.05) is 33.2 Å². The summed E-state index contributed by atoms with van der Waals surface area (Å²) >= 11 is 0. The summed E-state index contributed by atoms with van der Waals surface area (Å²) in [4.78, 5) is 4.19. The van der Waals surface area contributed by atoms with Gasteiger partial charge in [-0.1, -0.05) is 6.08 Å². The van der Waals surface area contributed by atoms with Crippen LogP contribution in [0.25, 0.3) is 0 Å². The summed E-state index contributed by atoms with van der Waals surface area (Å²) in [5.41, 5.74) is 1.06. The summed E-state index contributed by atoms with van der Waals surface area (Å²) in [5.74, 6) is 0. The van der Waals surface area contributed by atoms with Crippen LogP contribution in [0, 0.1) is 0 Å². The van der Waals surface area contributed by atoms with Crippen LogP contribution in [0.4, 0.5) is 0 Å². The van der Waals surface area contributed by atoms with Crippen LogP contribution in [0.3, 0.4) is 0 Å². The number of nitrogens with one attached hydrogen (secondary N) is 1. The molecular weight excluding hydrogens is 124 g/mol. The van der Waals surface area contributed by atoms with Crippen molar-refractivity contribution in [3.8, 4) is 0 Å². The first-order valence-corrected chi connectivity index (χ1v) is 3.55. The van der Waals surface area contributed by atoms with Crippen LogP contribution >= 0.6 is 0 Å². The van der Waals surface area contributed by atoms with E-state index in [0.717, 1.165) is 5.70 Å². The molecule has 58 valence electrons. The molecule has 2 nitrogen and oxygen atoms in total. The predicted molar refractivity (Wildman–Crippen MR) is 46.4 cm³/mol. The Bertz CT molecular complexity index is 136. The second kappa shape index (κ2) is 5.18. The Labute approximate surface area is 63.0 Å². The standard InChI is InChI=1S/C8H16N2/c1-5-7(2)10-6-8(3)9-4/h5-6,8-9H,1-4H3/b7-5+,10-6-. The van der Waals surface area contributed by atoms with Crippen LogP contribution in [0.2, 0.25) is 0 Å².